The molecule has 1 heterocycles. The maximum absolute atomic E-state index is 5.59. The van der Waals surface area contributed by atoms with Crippen molar-refractivity contribution < 1.29 is 4.74 Å². The van der Waals surface area contributed by atoms with Gasteiger partial charge < -0.3 is 4.74 Å². The molecule has 1 aromatic heterocycles. The van der Waals surface area contributed by atoms with Gasteiger partial charge in [-0.15, -0.1) is 10.2 Å². The lowest BCUT2D eigenvalue weighted by Crippen LogP contribution is -2.03. The topological polar surface area (TPSA) is 63.7 Å². The van der Waals surface area contributed by atoms with Crippen LogP contribution in [0.5, 0.6) is 5.75 Å². The van der Waals surface area contributed by atoms with Gasteiger partial charge in [0.2, 0.25) is 0 Å². The number of rotatable bonds is 4. The standard InChI is InChI=1S/C11H14N4O/c1-8-3-4-10(7-9(8)2)16-6-5-11-12-14-15-13-11/h3-4,7H,5-6H2,1-2H3,(H,12,13,14,15). The van der Waals surface area contributed by atoms with Crippen molar-refractivity contribution in [2.24, 2.45) is 0 Å². The monoisotopic (exact) mass is 218 g/mol. The first-order chi connectivity index (χ1) is 7.75. The van der Waals surface area contributed by atoms with E-state index in [0.717, 1.165) is 5.75 Å². The van der Waals surface area contributed by atoms with Crippen LogP contribution >= 0.6 is 0 Å². The summed E-state index contributed by atoms with van der Waals surface area (Å²) in [5, 5.41) is 13.6. The third-order valence-electron chi connectivity index (χ3n) is 2.46. The molecule has 84 valence electrons. The van der Waals surface area contributed by atoms with Crippen molar-refractivity contribution in [3.05, 3.63) is 35.2 Å². The van der Waals surface area contributed by atoms with Crippen LogP contribution in [-0.2, 0) is 6.42 Å². The van der Waals surface area contributed by atoms with Crippen LogP contribution in [0.1, 0.15) is 17.0 Å². The summed E-state index contributed by atoms with van der Waals surface area (Å²) in [6, 6.07) is 6.06. The molecule has 0 spiro atoms. The fraction of sp³-hybridized carbons (Fsp3) is 0.364. The molecule has 2 rings (SSSR count). The molecule has 0 aliphatic rings. The quantitative estimate of drug-likeness (QED) is 0.843. The Morgan fingerprint density at radius 3 is 2.81 bits per heavy atom. The first-order valence-corrected chi connectivity index (χ1v) is 5.18. The second-order valence-corrected chi connectivity index (χ2v) is 3.67. The molecule has 1 aromatic carbocycles. The van der Waals surface area contributed by atoms with Gasteiger partial charge in [0.05, 0.1) is 6.61 Å². The Labute approximate surface area is 93.8 Å². The van der Waals surface area contributed by atoms with Gasteiger partial charge in [-0.25, -0.2) is 0 Å². The summed E-state index contributed by atoms with van der Waals surface area (Å²) >= 11 is 0. The van der Waals surface area contributed by atoms with Gasteiger partial charge in [-0.05, 0) is 37.1 Å². The number of ether oxygens (including phenoxy) is 1. The lowest BCUT2D eigenvalue weighted by Gasteiger charge is -2.06. The number of aromatic amines is 1. The molecule has 2 aromatic rings. The number of H-pyrrole nitrogens is 1. The van der Waals surface area contributed by atoms with Crippen LogP contribution in [0.25, 0.3) is 0 Å². The summed E-state index contributed by atoms with van der Waals surface area (Å²) in [5.41, 5.74) is 2.50. The van der Waals surface area contributed by atoms with Gasteiger partial charge in [0.15, 0.2) is 5.82 Å². The molecule has 0 radical (unpaired) electrons. The highest BCUT2D eigenvalue weighted by atomic mass is 16.5. The van der Waals surface area contributed by atoms with Crippen molar-refractivity contribution in [3.63, 3.8) is 0 Å². The lowest BCUT2D eigenvalue weighted by atomic mass is 10.1. The predicted molar refractivity (Wildman–Crippen MR) is 59.3 cm³/mol. The fourth-order valence-corrected chi connectivity index (χ4v) is 1.35. The van der Waals surface area contributed by atoms with Crippen LogP contribution in [0, 0.1) is 13.8 Å². The first-order valence-electron chi connectivity index (χ1n) is 5.18. The van der Waals surface area contributed by atoms with E-state index in [-0.39, 0.29) is 0 Å². The maximum Gasteiger partial charge on any atom is 0.177 e. The van der Waals surface area contributed by atoms with Crippen molar-refractivity contribution in [3.8, 4) is 5.75 Å². The second kappa shape index (κ2) is 4.74. The van der Waals surface area contributed by atoms with E-state index in [0.29, 0.717) is 18.9 Å². The molecule has 5 nitrogen and oxygen atoms in total. The lowest BCUT2D eigenvalue weighted by molar-refractivity contribution is 0.318. The van der Waals surface area contributed by atoms with Gasteiger partial charge in [0, 0.05) is 6.42 Å². The highest BCUT2D eigenvalue weighted by Gasteiger charge is 2.00. The third-order valence-corrected chi connectivity index (χ3v) is 2.46. The highest BCUT2D eigenvalue weighted by Crippen LogP contribution is 2.16. The van der Waals surface area contributed by atoms with Gasteiger partial charge in [0.1, 0.15) is 5.75 Å². The summed E-state index contributed by atoms with van der Waals surface area (Å²) in [6.07, 6.45) is 0.656. The normalized spacial score (nSPS) is 10.4. The minimum Gasteiger partial charge on any atom is -0.493 e. The van der Waals surface area contributed by atoms with E-state index < -0.39 is 0 Å². The molecule has 0 amide bonds. The summed E-state index contributed by atoms with van der Waals surface area (Å²) in [7, 11) is 0. The van der Waals surface area contributed by atoms with Crippen molar-refractivity contribution in [2.75, 3.05) is 6.61 Å². The number of tetrazole rings is 1. The first kappa shape index (κ1) is 10.6. The average Bonchev–Trinajstić information content (AvgIpc) is 2.76. The zero-order valence-electron chi connectivity index (χ0n) is 9.40. The Bertz CT molecular complexity index is 453. The number of nitrogens with one attached hydrogen (secondary N) is 1. The fourth-order valence-electron chi connectivity index (χ4n) is 1.35. The molecule has 0 aliphatic heterocycles. The third kappa shape index (κ3) is 2.56. The zero-order valence-corrected chi connectivity index (χ0v) is 9.40. The molecular formula is C11H14N4O. The van der Waals surface area contributed by atoms with E-state index in [1.54, 1.807) is 0 Å². The van der Waals surface area contributed by atoms with Crippen molar-refractivity contribution in [1.29, 1.82) is 0 Å². The van der Waals surface area contributed by atoms with Crippen LogP contribution in [0.2, 0.25) is 0 Å². The van der Waals surface area contributed by atoms with E-state index in [4.69, 9.17) is 4.74 Å². The molecule has 0 unspecified atom stereocenters. The Balaban J connectivity index is 1.87. The molecular weight excluding hydrogens is 204 g/mol. The summed E-state index contributed by atoms with van der Waals surface area (Å²) in [6.45, 7) is 4.71. The molecule has 16 heavy (non-hydrogen) atoms. The summed E-state index contributed by atoms with van der Waals surface area (Å²) < 4.78 is 5.59. The molecule has 0 saturated heterocycles. The van der Waals surface area contributed by atoms with Gasteiger partial charge >= 0.3 is 0 Å². The van der Waals surface area contributed by atoms with Crippen molar-refractivity contribution >= 4 is 0 Å². The maximum atomic E-state index is 5.59. The van der Waals surface area contributed by atoms with Gasteiger partial charge in [-0.3, -0.25) is 0 Å². The zero-order chi connectivity index (χ0) is 11.4. The van der Waals surface area contributed by atoms with E-state index in [1.807, 2.05) is 12.1 Å². The number of nitrogens with zero attached hydrogens (tertiary/aromatic N) is 3. The SMILES string of the molecule is Cc1ccc(OCCc2nn[nH]n2)cc1C. The summed E-state index contributed by atoms with van der Waals surface area (Å²) in [4.78, 5) is 0. The predicted octanol–water partition coefficient (Wildman–Crippen LogP) is 1.44. The number of aromatic nitrogens is 4. The Kier molecular flexibility index (Phi) is 3.14. The second-order valence-electron chi connectivity index (χ2n) is 3.67. The molecule has 0 fully saturated rings. The molecule has 0 atom stereocenters. The number of hydrogen-bond donors (Lipinski definition) is 1. The molecule has 5 heteroatoms. The van der Waals surface area contributed by atoms with Crippen LogP contribution in [0.4, 0.5) is 0 Å². The average molecular weight is 218 g/mol. The van der Waals surface area contributed by atoms with Crippen LogP contribution in [0.15, 0.2) is 18.2 Å². The molecule has 1 N–H and O–H groups in total. The Morgan fingerprint density at radius 1 is 1.25 bits per heavy atom. The van der Waals surface area contributed by atoms with Gasteiger partial charge in [-0.1, -0.05) is 11.3 Å². The van der Waals surface area contributed by atoms with E-state index >= 15 is 0 Å². The van der Waals surface area contributed by atoms with Crippen molar-refractivity contribution in [1.82, 2.24) is 20.6 Å². The minimum absolute atomic E-state index is 0.558. The highest BCUT2D eigenvalue weighted by molar-refractivity contribution is 5.33. The molecule has 0 bridgehead atoms. The Hall–Kier alpha value is -1.91. The summed E-state index contributed by atoms with van der Waals surface area (Å²) in [5.74, 6) is 1.55. The van der Waals surface area contributed by atoms with E-state index in [2.05, 4.69) is 40.5 Å². The van der Waals surface area contributed by atoms with Gasteiger partial charge in [-0.2, -0.15) is 5.21 Å². The molecule has 0 saturated carbocycles. The van der Waals surface area contributed by atoms with Crippen LogP contribution in [-0.4, -0.2) is 27.2 Å². The molecule has 0 aliphatic carbocycles. The van der Waals surface area contributed by atoms with Gasteiger partial charge in [0.25, 0.3) is 0 Å². The number of aryl methyl sites for hydroxylation is 2. The largest absolute Gasteiger partial charge is 0.493 e. The van der Waals surface area contributed by atoms with E-state index in [1.165, 1.54) is 11.1 Å². The van der Waals surface area contributed by atoms with E-state index in [9.17, 15) is 0 Å². The Morgan fingerprint density at radius 2 is 2.12 bits per heavy atom. The van der Waals surface area contributed by atoms with Crippen LogP contribution in [0.3, 0.4) is 0 Å². The minimum atomic E-state index is 0.558. The van der Waals surface area contributed by atoms with Crippen molar-refractivity contribution in [2.45, 2.75) is 20.3 Å². The van der Waals surface area contributed by atoms with Crippen LogP contribution < -0.4 is 4.74 Å². The smallest absolute Gasteiger partial charge is 0.177 e. The number of benzene rings is 1. The number of hydrogen-bond acceptors (Lipinski definition) is 4.